The van der Waals surface area contributed by atoms with E-state index in [0.717, 1.165) is 43.1 Å². The van der Waals surface area contributed by atoms with Crippen molar-refractivity contribution >= 4 is 30.0 Å². The second-order valence-corrected chi connectivity index (χ2v) is 8.21. The molecule has 10 heteroatoms. The number of aromatic nitrogens is 3. The van der Waals surface area contributed by atoms with Gasteiger partial charge in [-0.25, -0.2) is 9.97 Å². The van der Waals surface area contributed by atoms with E-state index in [1.807, 2.05) is 54.1 Å². The second kappa shape index (κ2) is 9.97. The molecule has 3 aromatic rings. The molecule has 9 nitrogen and oxygen atoms in total. The molecule has 1 aliphatic rings. The van der Waals surface area contributed by atoms with E-state index in [1.54, 1.807) is 31.5 Å². The maximum atomic E-state index is 13.0. The van der Waals surface area contributed by atoms with E-state index in [0.29, 0.717) is 11.5 Å². The lowest BCUT2D eigenvalue weighted by Gasteiger charge is -2.37. The molecule has 0 atom stereocenters. The summed E-state index contributed by atoms with van der Waals surface area (Å²) in [5, 5.41) is 12.8. The van der Waals surface area contributed by atoms with Crippen LogP contribution in [0.1, 0.15) is 10.5 Å². The van der Waals surface area contributed by atoms with Crippen LogP contribution >= 0.6 is 0 Å². The Morgan fingerprint density at radius 3 is 2.45 bits per heavy atom. The average molecular weight is 445 g/mol. The number of rotatable bonds is 6. The van der Waals surface area contributed by atoms with Crippen LogP contribution in [0.25, 0.3) is 11.4 Å². The molecule has 1 amide bonds. The van der Waals surface area contributed by atoms with E-state index < -0.39 is 7.05 Å². The van der Waals surface area contributed by atoms with Crippen molar-refractivity contribution in [3.8, 4) is 11.4 Å². The van der Waals surface area contributed by atoms with E-state index in [2.05, 4.69) is 25.2 Å². The summed E-state index contributed by atoms with van der Waals surface area (Å²) >= 11 is 0. The van der Waals surface area contributed by atoms with Gasteiger partial charge in [0.15, 0.2) is 5.82 Å². The number of hydrogen-bond donors (Lipinski definition) is 2. The number of carbonyl (C=O) groups is 1. The quantitative estimate of drug-likeness (QED) is 0.557. The standard InChI is InChI=1S/C23H28BN7O2/c1-24(33)31-14-12-30(13-15-31)21-9-10-25-16-20(21)28-23(32)19-8-11-26-22(27-19)17-4-6-18(7-5-17)29(2)3/h4-11,16,33H,12-15H2,1-3H3,(H,28,32). The molecule has 4 rings (SSSR count). The highest BCUT2D eigenvalue weighted by Crippen LogP contribution is 2.26. The molecule has 3 heterocycles. The number of hydrogen-bond acceptors (Lipinski definition) is 8. The fourth-order valence-electron chi connectivity index (χ4n) is 3.81. The average Bonchev–Trinajstić information content (AvgIpc) is 2.84. The van der Waals surface area contributed by atoms with Crippen LogP contribution in [0.3, 0.4) is 0 Å². The van der Waals surface area contributed by atoms with Crippen LogP contribution < -0.4 is 15.1 Å². The summed E-state index contributed by atoms with van der Waals surface area (Å²) in [6.07, 6.45) is 4.96. The normalized spacial score (nSPS) is 14.1. The van der Waals surface area contributed by atoms with Crippen LogP contribution in [0.4, 0.5) is 17.1 Å². The van der Waals surface area contributed by atoms with Gasteiger partial charge in [0.05, 0.1) is 17.6 Å². The largest absolute Gasteiger partial charge is 0.437 e. The van der Waals surface area contributed by atoms with Crippen LogP contribution in [-0.2, 0) is 0 Å². The van der Waals surface area contributed by atoms with Gasteiger partial charge in [-0.15, -0.1) is 0 Å². The first-order valence-corrected chi connectivity index (χ1v) is 11.0. The third-order valence-corrected chi connectivity index (χ3v) is 5.76. The Morgan fingerprint density at radius 1 is 1.06 bits per heavy atom. The number of nitrogens with zero attached hydrogens (tertiary/aromatic N) is 6. The first kappa shape index (κ1) is 22.7. The molecule has 0 spiro atoms. The zero-order valence-electron chi connectivity index (χ0n) is 19.1. The van der Waals surface area contributed by atoms with Gasteiger partial charge in [-0.05, 0) is 43.2 Å². The van der Waals surface area contributed by atoms with Gasteiger partial charge in [-0.1, -0.05) is 0 Å². The molecular weight excluding hydrogens is 417 g/mol. The first-order chi connectivity index (χ1) is 15.9. The van der Waals surface area contributed by atoms with Gasteiger partial charge < -0.3 is 25.0 Å². The van der Waals surface area contributed by atoms with Gasteiger partial charge in [0.1, 0.15) is 5.69 Å². The fraction of sp³-hybridized carbons (Fsp3) is 0.304. The zero-order chi connectivity index (χ0) is 23.4. The first-order valence-electron chi connectivity index (χ1n) is 11.0. The lowest BCUT2D eigenvalue weighted by Crippen LogP contribution is -2.51. The Bertz CT molecular complexity index is 1100. The van der Waals surface area contributed by atoms with Gasteiger partial charge in [0.25, 0.3) is 5.91 Å². The predicted octanol–water partition coefficient (Wildman–Crippen LogP) is 2.09. The molecule has 1 aliphatic heterocycles. The highest BCUT2D eigenvalue weighted by Gasteiger charge is 2.24. The monoisotopic (exact) mass is 445 g/mol. The highest BCUT2D eigenvalue weighted by molar-refractivity contribution is 6.45. The van der Waals surface area contributed by atoms with E-state index in [9.17, 15) is 9.82 Å². The number of benzene rings is 1. The van der Waals surface area contributed by atoms with Crippen LogP contribution in [0.15, 0.2) is 55.0 Å². The fourth-order valence-corrected chi connectivity index (χ4v) is 3.81. The Labute approximate surface area is 194 Å². The number of carbonyl (C=O) groups excluding carboxylic acids is 1. The minimum Gasteiger partial charge on any atom is -0.437 e. The summed E-state index contributed by atoms with van der Waals surface area (Å²) in [5.74, 6) is 0.175. The number of nitrogens with one attached hydrogen (secondary N) is 1. The summed E-state index contributed by atoms with van der Waals surface area (Å²) < 4.78 is 0. The third-order valence-electron chi connectivity index (χ3n) is 5.76. The van der Waals surface area contributed by atoms with Crippen molar-refractivity contribution in [1.82, 2.24) is 19.8 Å². The summed E-state index contributed by atoms with van der Waals surface area (Å²) in [4.78, 5) is 32.3. The van der Waals surface area contributed by atoms with Crippen molar-refractivity contribution in [3.05, 3.63) is 60.7 Å². The summed E-state index contributed by atoms with van der Waals surface area (Å²) in [6.45, 7) is 4.77. The minimum atomic E-state index is -0.463. The molecule has 1 aromatic carbocycles. The number of anilines is 3. The zero-order valence-corrected chi connectivity index (χ0v) is 19.1. The topological polar surface area (TPSA) is 97.7 Å². The molecule has 0 saturated carbocycles. The molecule has 2 aromatic heterocycles. The molecule has 170 valence electrons. The van der Waals surface area contributed by atoms with E-state index in [1.165, 1.54) is 0 Å². The van der Waals surface area contributed by atoms with Crippen molar-refractivity contribution in [3.63, 3.8) is 0 Å². The van der Waals surface area contributed by atoms with Crippen molar-refractivity contribution < 1.29 is 9.82 Å². The van der Waals surface area contributed by atoms with Crippen LogP contribution in [-0.4, -0.2) is 78.0 Å². The molecule has 1 saturated heterocycles. The van der Waals surface area contributed by atoms with Crippen molar-refractivity contribution in [2.75, 3.05) is 55.4 Å². The minimum absolute atomic E-state index is 0.283. The van der Waals surface area contributed by atoms with E-state index in [-0.39, 0.29) is 11.6 Å². The SMILES string of the molecule is CB(O)N1CCN(c2ccncc2NC(=O)c2ccnc(-c3ccc(N(C)C)cc3)n2)CC1. The van der Waals surface area contributed by atoms with Crippen molar-refractivity contribution in [2.45, 2.75) is 6.82 Å². The van der Waals surface area contributed by atoms with Gasteiger partial charge in [-0.2, -0.15) is 0 Å². The van der Waals surface area contributed by atoms with E-state index >= 15 is 0 Å². The lowest BCUT2D eigenvalue weighted by molar-refractivity contribution is 0.102. The Balaban J connectivity index is 1.50. The summed E-state index contributed by atoms with van der Waals surface area (Å²) in [6, 6.07) is 11.4. The van der Waals surface area contributed by atoms with Crippen molar-refractivity contribution in [1.29, 1.82) is 0 Å². The Kier molecular flexibility index (Phi) is 6.86. The van der Waals surface area contributed by atoms with E-state index in [4.69, 9.17) is 0 Å². The van der Waals surface area contributed by atoms with Gasteiger partial charge in [0.2, 0.25) is 0 Å². The van der Waals surface area contributed by atoms with Gasteiger partial charge in [-0.3, -0.25) is 9.78 Å². The van der Waals surface area contributed by atoms with Crippen LogP contribution in [0.5, 0.6) is 0 Å². The Morgan fingerprint density at radius 2 is 1.79 bits per heavy atom. The lowest BCUT2D eigenvalue weighted by atomic mass is 9.84. The van der Waals surface area contributed by atoms with Gasteiger partial charge in [0, 0.05) is 63.9 Å². The second-order valence-electron chi connectivity index (χ2n) is 8.21. The van der Waals surface area contributed by atoms with Gasteiger partial charge >= 0.3 is 7.05 Å². The summed E-state index contributed by atoms with van der Waals surface area (Å²) in [7, 11) is 3.50. The predicted molar refractivity (Wildman–Crippen MR) is 132 cm³/mol. The van der Waals surface area contributed by atoms with Crippen molar-refractivity contribution in [2.24, 2.45) is 0 Å². The molecule has 0 bridgehead atoms. The molecule has 0 radical (unpaired) electrons. The summed E-state index contributed by atoms with van der Waals surface area (Å²) in [5.41, 5.74) is 3.73. The maximum absolute atomic E-state index is 13.0. The molecular formula is C23H28BN7O2. The van der Waals surface area contributed by atoms with Crippen LogP contribution in [0, 0.1) is 0 Å². The third kappa shape index (κ3) is 5.29. The molecule has 2 N–H and O–H groups in total. The highest BCUT2D eigenvalue weighted by atomic mass is 16.2. The maximum Gasteiger partial charge on any atom is 0.376 e. The van der Waals surface area contributed by atoms with Crippen LogP contribution in [0.2, 0.25) is 6.82 Å². The number of pyridine rings is 1. The number of piperazine rings is 1. The smallest absolute Gasteiger partial charge is 0.376 e. The molecule has 0 unspecified atom stereocenters. The molecule has 0 aliphatic carbocycles. The number of amides is 1. The Hall–Kier alpha value is -3.50. The molecule has 33 heavy (non-hydrogen) atoms. The molecule has 1 fully saturated rings.